The summed E-state index contributed by atoms with van der Waals surface area (Å²) in [6.07, 6.45) is -3.82. The van der Waals surface area contributed by atoms with Crippen molar-refractivity contribution < 1.29 is 22.3 Å². The van der Waals surface area contributed by atoms with Gasteiger partial charge >= 0.3 is 6.18 Å². The molecular formula is C14H17F4NO. The molecule has 0 radical (unpaired) electrons. The van der Waals surface area contributed by atoms with E-state index >= 15 is 0 Å². The lowest BCUT2D eigenvalue weighted by Crippen LogP contribution is -2.45. The number of rotatable bonds is 2. The second-order valence-corrected chi connectivity index (χ2v) is 5.34. The van der Waals surface area contributed by atoms with Crippen molar-refractivity contribution in [1.82, 2.24) is 0 Å². The molecule has 2 atom stereocenters. The van der Waals surface area contributed by atoms with Crippen LogP contribution in [0.4, 0.5) is 17.6 Å². The van der Waals surface area contributed by atoms with Gasteiger partial charge in [-0.05, 0) is 25.3 Å². The fraction of sp³-hybridized carbons (Fsp3) is 0.571. The van der Waals surface area contributed by atoms with Crippen LogP contribution in [0.2, 0.25) is 0 Å². The fourth-order valence-corrected chi connectivity index (χ4v) is 2.86. The summed E-state index contributed by atoms with van der Waals surface area (Å²) in [6.45, 7) is 0. The maximum atomic E-state index is 14.0. The SMILES string of the molecule is COc1ccc(C2(N)CCCC(C(F)(F)F)C2)c(F)c1. The van der Waals surface area contributed by atoms with Gasteiger partial charge in [0, 0.05) is 17.2 Å². The molecular weight excluding hydrogens is 274 g/mol. The van der Waals surface area contributed by atoms with Gasteiger partial charge in [0.05, 0.1) is 13.0 Å². The van der Waals surface area contributed by atoms with Crippen molar-refractivity contribution in [3.05, 3.63) is 29.6 Å². The van der Waals surface area contributed by atoms with Gasteiger partial charge in [-0.15, -0.1) is 0 Å². The Morgan fingerprint density at radius 2 is 2.05 bits per heavy atom. The molecule has 0 aromatic heterocycles. The summed E-state index contributed by atoms with van der Waals surface area (Å²) < 4.78 is 57.5. The van der Waals surface area contributed by atoms with Crippen molar-refractivity contribution in [2.24, 2.45) is 11.7 Å². The molecule has 2 unspecified atom stereocenters. The fourth-order valence-electron chi connectivity index (χ4n) is 2.86. The molecule has 2 rings (SSSR count). The molecule has 6 heteroatoms. The third kappa shape index (κ3) is 2.90. The van der Waals surface area contributed by atoms with Crippen LogP contribution < -0.4 is 10.5 Å². The van der Waals surface area contributed by atoms with Crippen LogP contribution in [0.1, 0.15) is 31.2 Å². The Labute approximate surface area is 114 Å². The highest BCUT2D eigenvalue weighted by Gasteiger charge is 2.47. The topological polar surface area (TPSA) is 35.2 Å². The van der Waals surface area contributed by atoms with Gasteiger partial charge in [-0.2, -0.15) is 13.2 Å². The summed E-state index contributed by atoms with van der Waals surface area (Å²) in [4.78, 5) is 0. The van der Waals surface area contributed by atoms with Crippen molar-refractivity contribution in [3.63, 3.8) is 0 Å². The number of alkyl halides is 3. The highest BCUT2D eigenvalue weighted by Crippen LogP contribution is 2.45. The molecule has 0 bridgehead atoms. The highest BCUT2D eigenvalue weighted by molar-refractivity contribution is 5.33. The molecule has 1 fully saturated rings. The van der Waals surface area contributed by atoms with Crippen molar-refractivity contribution in [3.8, 4) is 5.75 Å². The zero-order valence-electron chi connectivity index (χ0n) is 11.1. The quantitative estimate of drug-likeness (QED) is 0.842. The lowest BCUT2D eigenvalue weighted by atomic mass is 9.72. The van der Waals surface area contributed by atoms with Crippen LogP contribution >= 0.6 is 0 Å². The molecule has 1 aromatic rings. The highest BCUT2D eigenvalue weighted by atomic mass is 19.4. The summed E-state index contributed by atoms with van der Waals surface area (Å²) in [6, 6.07) is 4.10. The van der Waals surface area contributed by atoms with E-state index in [9.17, 15) is 17.6 Å². The lowest BCUT2D eigenvalue weighted by molar-refractivity contribution is -0.187. The third-order valence-corrected chi connectivity index (χ3v) is 3.96. The van der Waals surface area contributed by atoms with E-state index in [0.29, 0.717) is 18.6 Å². The second kappa shape index (κ2) is 5.24. The van der Waals surface area contributed by atoms with Gasteiger partial charge in [0.2, 0.25) is 0 Å². The Kier molecular flexibility index (Phi) is 3.95. The van der Waals surface area contributed by atoms with E-state index in [1.165, 1.54) is 19.2 Å². The normalized spacial score (nSPS) is 27.4. The minimum atomic E-state index is -4.28. The summed E-state index contributed by atoms with van der Waals surface area (Å²) in [5.74, 6) is -1.77. The van der Waals surface area contributed by atoms with E-state index in [2.05, 4.69) is 0 Å². The van der Waals surface area contributed by atoms with E-state index in [1.807, 2.05) is 0 Å². The summed E-state index contributed by atoms with van der Waals surface area (Å²) in [7, 11) is 1.40. The van der Waals surface area contributed by atoms with Gasteiger partial charge in [0.15, 0.2) is 0 Å². The number of methoxy groups -OCH3 is 1. The average molecular weight is 291 g/mol. The number of ether oxygens (including phenoxy) is 1. The van der Waals surface area contributed by atoms with Gasteiger partial charge in [-0.3, -0.25) is 0 Å². The molecule has 1 aromatic carbocycles. The standard InChI is InChI=1S/C14H17F4NO/c1-20-10-4-5-11(12(15)7-10)13(19)6-2-3-9(8-13)14(16,17)18/h4-5,7,9H,2-3,6,8,19H2,1H3. The van der Waals surface area contributed by atoms with Gasteiger partial charge in [-0.1, -0.05) is 12.5 Å². The first kappa shape index (κ1) is 15.1. The van der Waals surface area contributed by atoms with E-state index in [4.69, 9.17) is 10.5 Å². The predicted octanol–water partition coefficient (Wildman–Crippen LogP) is 3.74. The summed E-state index contributed by atoms with van der Waals surface area (Å²) >= 11 is 0. The Balaban J connectivity index is 2.30. The molecule has 112 valence electrons. The number of hydrogen-bond acceptors (Lipinski definition) is 2. The van der Waals surface area contributed by atoms with Gasteiger partial charge in [0.25, 0.3) is 0 Å². The first-order valence-corrected chi connectivity index (χ1v) is 6.46. The van der Waals surface area contributed by atoms with Crippen LogP contribution in [0.15, 0.2) is 18.2 Å². The minimum absolute atomic E-state index is 0.0558. The lowest BCUT2D eigenvalue weighted by Gasteiger charge is -2.39. The van der Waals surface area contributed by atoms with Crippen LogP contribution in [0, 0.1) is 11.7 Å². The van der Waals surface area contributed by atoms with E-state index < -0.39 is 23.5 Å². The Hall–Kier alpha value is -1.30. The van der Waals surface area contributed by atoms with Crippen LogP contribution in [0.25, 0.3) is 0 Å². The van der Waals surface area contributed by atoms with Crippen molar-refractivity contribution in [2.45, 2.75) is 37.4 Å². The smallest absolute Gasteiger partial charge is 0.391 e. The van der Waals surface area contributed by atoms with Crippen molar-refractivity contribution in [2.75, 3.05) is 7.11 Å². The largest absolute Gasteiger partial charge is 0.497 e. The average Bonchev–Trinajstić information content (AvgIpc) is 2.37. The predicted molar refractivity (Wildman–Crippen MR) is 66.8 cm³/mol. The molecule has 0 amide bonds. The van der Waals surface area contributed by atoms with Crippen LogP contribution in [0.5, 0.6) is 5.75 Å². The molecule has 0 aliphatic heterocycles. The third-order valence-electron chi connectivity index (χ3n) is 3.96. The monoisotopic (exact) mass is 291 g/mol. The minimum Gasteiger partial charge on any atom is -0.497 e. The maximum absolute atomic E-state index is 14.0. The number of benzene rings is 1. The first-order chi connectivity index (χ1) is 9.26. The molecule has 1 aliphatic carbocycles. The van der Waals surface area contributed by atoms with Gasteiger partial charge in [0.1, 0.15) is 11.6 Å². The molecule has 0 heterocycles. The summed E-state index contributed by atoms with van der Waals surface area (Å²) in [5, 5.41) is 0. The summed E-state index contributed by atoms with van der Waals surface area (Å²) in [5.41, 5.74) is 4.94. The van der Waals surface area contributed by atoms with Crippen LogP contribution in [0.3, 0.4) is 0 Å². The van der Waals surface area contributed by atoms with Crippen LogP contribution in [-0.2, 0) is 5.54 Å². The van der Waals surface area contributed by atoms with Crippen molar-refractivity contribution >= 4 is 0 Å². The van der Waals surface area contributed by atoms with Crippen LogP contribution in [-0.4, -0.2) is 13.3 Å². The zero-order chi connectivity index (χ0) is 15.0. The van der Waals surface area contributed by atoms with E-state index in [-0.39, 0.29) is 18.4 Å². The Bertz CT molecular complexity index is 489. The molecule has 0 saturated heterocycles. The maximum Gasteiger partial charge on any atom is 0.391 e. The Morgan fingerprint density at radius 1 is 1.35 bits per heavy atom. The van der Waals surface area contributed by atoms with Crippen molar-refractivity contribution in [1.29, 1.82) is 0 Å². The molecule has 0 spiro atoms. The molecule has 1 aliphatic rings. The number of hydrogen-bond donors (Lipinski definition) is 1. The van der Waals surface area contributed by atoms with E-state index in [0.717, 1.165) is 6.07 Å². The first-order valence-electron chi connectivity index (χ1n) is 6.46. The zero-order valence-corrected chi connectivity index (χ0v) is 11.1. The molecule has 20 heavy (non-hydrogen) atoms. The molecule has 2 nitrogen and oxygen atoms in total. The van der Waals surface area contributed by atoms with Gasteiger partial charge < -0.3 is 10.5 Å². The number of nitrogens with two attached hydrogens (primary N) is 1. The van der Waals surface area contributed by atoms with Gasteiger partial charge in [-0.25, -0.2) is 4.39 Å². The second-order valence-electron chi connectivity index (χ2n) is 5.34. The van der Waals surface area contributed by atoms with E-state index in [1.54, 1.807) is 0 Å². The number of halogens is 4. The molecule has 2 N–H and O–H groups in total. The Morgan fingerprint density at radius 3 is 2.60 bits per heavy atom. The molecule has 1 saturated carbocycles.